The van der Waals surface area contributed by atoms with Gasteiger partial charge in [0.05, 0.1) is 19.8 Å². The van der Waals surface area contributed by atoms with E-state index in [-0.39, 0.29) is 13.2 Å². The van der Waals surface area contributed by atoms with Crippen LogP contribution in [-0.2, 0) is 11.3 Å². The van der Waals surface area contributed by atoms with Crippen LogP contribution in [0.25, 0.3) is 22.8 Å². The molecule has 0 aliphatic rings. The van der Waals surface area contributed by atoms with Crippen molar-refractivity contribution >= 4 is 0 Å². The Morgan fingerprint density at radius 3 is 2.56 bits per heavy atom. The first-order valence-corrected chi connectivity index (χ1v) is 8.62. The van der Waals surface area contributed by atoms with E-state index in [9.17, 15) is 4.39 Å². The zero-order chi connectivity index (χ0) is 19.1. The third-order valence-corrected chi connectivity index (χ3v) is 3.90. The van der Waals surface area contributed by atoms with Crippen molar-refractivity contribution < 1.29 is 23.5 Å². The lowest BCUT2D eigenvalue weighted by Gasteiger charge is -2.07. The summed E-state index contributed by atoms with van der Waals surface area (Å²) in [6, 6.07) is 13.1. The van der Waals surface area contributed by atoms with Crippen molar-refractivity contribution in [2.75, 3.05) is 26.5 Å². The number of halogens is 1. The van der Waals surface area contributed by atoms with Crippen LogP contribution in [-0.4, -0.2) is 41.7 Å². The molecule has 27 heavy (non-hydrogen) atoms. The number of alkyl halides is 1. The lowest BCUT2D eigenvalue weighted by atomic mass is 10.1. The van der Waals surface area contributed by atoms with Crippen molar-refractivity contribution in [2.24, 2.45) is 0 Å². The average Bonchev–Trinajstić information content (AvgIpc) is 3.18. The van der Waals surface area contributed by atoms with Crippen LogP contribution in [0.15, 0.2) is 47.0 Å². The predicted molar refractivity (Wildman–Crippen MR) is 98.1 cm³/mol. The SMILES string of the molecule is Cc1cc(-c2nc(-c3ccc(COCCO)cc3)no2)ccc1OCCF. The molecule has 0 fully saturated rings. The number of nitrogens with zero attached hydrogens (tertiary/aromatic N) is 2. The highest BCUT2D eigenvalue weighted by molar-refractivity contribution is 5.61. The van der Waals surface area contributed by atoms with Gasteiger partial charge in [0.25, 0.3) is 5.89 Å². The smallest absolute Gasteiger partial charge is 0.258 e. The largest absolute Gasteiger partial charge is 0.491 e. The summed E-state index contributed by atoms with van der Waals surface area (Å²) in [6.07, 6.45) is 0. The molecule has 0 saturated carbocycles. The van der Waals surface area contributed by atoms with Crippen LogP contribution in [0.4, 0.5) is 4.39 Å². The zero-order valence-corrected chi connectivity index (χ0v) is 15.0. The van der Waals surface area contributed by atoms with E-state index in [0.29, 0.717) is 30.7 Å². The Morgan fingerprint density at radius 2 is 1.85 bits per heavy atom. The van der Waals surface area contributed by atoms with Crippen molar-refractivity contribution in [1.29, 1.82) is 0 Å². The fraction of sp³-hybridized carbons (Fsp3) is 0.300. The topological polar surface area (TPSA) is 77.6 Å². The Kier molecular flexibility index (Phi) is 6.51. The second-order valence-electron chi connectivity index (χ2n) is 5.91. The van der Waals surface area contributed by atoms with Gasteiger partial charge in [-0.25, -0.2) is 4.39 Å². The Morgan fingerprint density at radius 1 is 1.07 bits per heavy atom. The summed E-state index contributed by atoms with van der Waals surface area (Å²) in [4.78, 5) is 4.45. The number of hydrogen-bond acceptors (Lipinski definition) is 6. The van der Waals surface area contributed by atoms with Crippen LogP contribution in [0.1, 0.15) is 11.1 Å². The number of aryl methyl sites for hydroxylation is 1. The van der Waals surface area contributed by atoms with Crippen LogP contribution in [0.3, 0.4) is 0 Å². The number of ether oxygens (including phenoxy) is 2. The van der Waals surface area contributed by atoms with Crippen LogP contribution in [0, 0.1) is 6.92 Å². The number of hydrogen-bond donors (Lipinski definition) is 1. The highest BCUT2D eigenvalue weighted by Gasteiger charge is 2.12. The summed E-state index contributed by atoms with van der Waals surface area (Å²) < 4.78 is 28.2. The highest BCUT2D eigenvalue weighted by Crippen LogP contribution is 2.27. The molecule has 0 radical (unpaired) electrons. The number of rotatable bonds is 9. The Bertz CT molecular complexity index is 865. The fourth-order valence-corrected chi connectivity index (χ4v) is 2.56. The fourth-order valence-electron chi connectivity index (χ4n) is 2.56. The van der Waals surface area contributed by atoms with Crippen LogP contribution in [0.2, 0.25) is 0 Å². The van der Waals surface area contributed by atoms with E-state index in [1.54, 1.807) is 12.1 Å². The van der Waals surface area contributed by atoms with E-state index >= 15 is 0 Å². The summed E-state index contributed by atoms with van der Waals surface area (Å²) in [6.45, 7) is 2.14. The maximum atomic E-state index is 12.2. The lowest BCUT2D eigenvalue weighted by Crippen LogP contribution is -2.00. The van der Waals surface area contributed by atoms with E-state index in [1.807, 2.05) is 37.3 Å². The molecule has 1 N–H and O–H groups in total. The van der Waals surface area contributed by atoms with Gasteiger partial charge in [0.1, 0.15) is 19.0 Å². The van der Waals surface area contributed by atoms with Gasteiger partial charge in [0.15, 0.2) is 0 Å². The van der Waals surface area contributed by atoms with Gasteiger partial charge in [-0.2, -0.15) is 4.98 Å². The molecule has 1 heterocycles. The molecule has 0 saturated heterocycles. The minimum atomic E-state index is -0.527. The van der Waals surface area contributed by atoms with Gasteiger partial charge in [-0.05, 0) is 36.2 Å². The molecule has 0 bridgehead atoms. The number of aliphatic hydroxyl groups is 1. The summed E-state index contributed by atoms with van der Waals surface area (Å²) in [5.74, 6) is 1.53. The highest BCUT2D eigenvalue weighted by atomic mass is 19.1. The standard InChI is InChI=1S/C20H21FN2O4/c1-14-12-17(6-7-18(14)26-10-8-21)20-22-19(23-27-20)16-4-2-15(3-5-16)13-25-11-9-24/h2-7,12,24H,8-11,13H2,1H3. The van der Waals surface area contributed by atoms with E-state index in [4.69, 9.17) is 19.1 Å². The van der Waals surface area contributed by atoms with Gasteiger partial charge in [-0.3, -0.25) is 0 Å². The van der Waals surface area contributed by atoms with Crippen molar-refractivity contribution in [3.63, 3.8) is 0 Å². The van der Waals surface area contributed by atoms with E-state index in [1.165, 1.54) is 0 Å². The first-order valence-electron chi connectivity index (χ1n) is 8.62. The summed E-state index contributed by atoms with van der Waals surface area (Å²) in [7, 11) is 0. The van der Waals surface area contributed by atoms with Gasteiger partial charge in [0, 0.05) is 11.1 Å². The van der Waals surface area contributed by atoms with E-state index in [0.717, 1.165) is 22.3 Å². The third-order valence-electron chi connectivity index (χ3n) is 3.90. The molecule has 0 atom stereocenters. The average molecular weight is 372 g/mol. The predicted octanol–water partition coefficient (Wildman–Crippen LogP) is 3.57. The molecule has 6 nitrogen and oxygen atoms in total. The Balaban J connectivity index is 1.72. The van der Waals surface area contributed by atoms with Crippen LogP contribution < -0.4 is 4.74 Å². The van der Waals surface area contributed by atoms with Crippen molar-refractivity contribution in [1.82, 2.24) is 10.1 Å². The second-order valence-corrected chi connectivity index (χ2v) is 5.91. The van der Waals surface area contributed by atoms with Crippen molar-refractivity contribution in [3.05, 3.63) is 53.6 Å². The molecule has 0 spiro atoms. The molecule has 3 rings (SSSR count). The molecule has 0 unspecified atom stereocenters. The van der Waals surface area contributed by atoms with E-state index in [2.05, 4.69) is 10.1 Å². The minimum absolute atomic E-state index is 0.00610. The molecular weight excluding hydrogens is 351 g/mol. The maximum Gasteiger partial charge on any atom is 0.258 e. The monoisotopic (exact) mass is 372 g/mol. The molecule has 1 aromatic heterocycles. The lowest BCUT2D eigenvalue weighted by molar-refractivity contribution is 0.0815. The molecule has 7 heteroatoms. The Labute approximate surface area is 156 Å². The number of aliphatic hydroxyl groups excluding tert-OH is 1. The summed E-state index contributed by atoms with van der Waals surface area (Å²) >= 11 is 0. The second kappa shape index (κ2) is 9.25. The molecule has 142 valence electrons. The third kappa shape index (κ3) is 4.90. The first-order chi connectivity index (χ1) is 13.2. The first kappa shape index (κ1) is 19.0. The number of aromatic nitrogens is 2. The minimum Gasteiger partial charge on any atom is -0.491 e. The summed E-state index contributed by atoms with van der Waals surface area (Å²) in [5, 5.41) is 12.8. The molecule has 3 aromatic rings. The normalized spacial score (nSPS) is 10.9. The van der Waals surface area contributed by atoms with Gasteiger partial charge in [0.2, 0.25) is 5.82 Å². The van der Waals surface area contributed by atoms with Gasteiger partial charge in [-0.1, -0.05) is 29.4 Å². The molecule has 0 amide bonds. The molecule has 0 aliphatic carbocycles. The van der Waals surface area contributed by atoms with Gasteiger partial charge in [-0.15, -0.1) is 0 Å². The van der Waals surface area contributed by atoms with Gasteiger partial charge >= 0.3 is 0 Å². The maximum absolute atomic E-state index is 12.2. The van der Waals surface area contributed by atoms with Crippen molar-refractivity contribution in [3.8, 4) is 28.6 Å². The van der Waals surface area contributed by atoms with Crippen LogP contribution >= 0.6 is 0 Å². The molecular formula is C20H21FN2O4. The molecule has 2 aromatic carbocycles. The zero-order valence-electron chi connectivity index (χ0n) is 15.0. The summed E-state index contributed by atoms with van der Waals surface area (Å²) in [5.41, 5.74) is 3.46. The Hall–Kier alpha value is -2.77. The number of benzene rings is 2. The quantitative estimate of drug-likeness (QED) is 0.579. The van der Waals surface area contributed by atoms with Crippen molar-refractivity contribution in [2.45, 2.75) is 13.5 Å². The van der Waals surface area contributed by atoms with Crippen LogP contribution in [0.5, 0.6) is 5.75 Å². The molecule has 0 aliphatic heterocycles. The van der Waals surface area contributed by atoms with Gasteiger partial charge < -0.3 is 19.1 Å². The van der Waals surface area contributed by atoms with E-state index < -0.39 is 6.67 Å².